The standard InChI is InChI=1S/C17H17ClO3/c1-11-13(5-4-6-14(11)18)15(19)9-12-7-8-16(20-2)17(10-12)21-3/h4-8,10H,9H2,1-3H3. The second kappa shape index (κ2) is 6.64. The van der Waals surface area contributed by atoms with Gasteiger partial charge in [-0.05, 0) is 36.2 Å². The fourth-order valence-electron chi connectivity index (χ4n) is 2.18. The first-order valence-electron chi connectivity index (χ1n) is 6.56. The van der Waals surface area contributed by atoms with E-state index in [9.17, 15) is 4.79 Å². The SMILES string of the molecule is COc1ccc(CC(=O)c2cccc(Cl)c2C)cc1OC. The molecule has 0 N–H and O–H groups in total. The van der Waals surface area contributed by atoms with Crippen LogP contribution in [0, 0.1) is 6.92 Å². The molecule has 0 bridgehead atoms. The summed E-state index contributed by atoms with van der Waals surface area (Å²) >= 11 is 6.06. The van der Waals surface area contributed by atoms with Crippen LogP contribution in [0.15, 0.2) is 36.4 Å². The monoisotopic (exact) mass is 304 g/mol. The Kier molecular flexibility index (Phi) is 4.86. The number of benzene rings is 2. The third-order valence-corrected chi connectivity index (χ3v) is 3.79. The smallest absolute Gasteiger partial charge is 0.167 e. The Labute approximate surface area is 129 Å². The van der Waals surface area contributed by atoms with Crippen molar-refractivity contribution in [1.82, 2.24) is 0 Å². The molecule has 4 heteroatoms. The topological polar surface area (TPSA) is 35.5 Å². The molecular weight excluding hydrogens is 288 g/mol. The lowest BCUT2D eigenvalue weighted by Crippen LogP contribution is -2.06. The van der Waals surface area contributed by atoms with Crippen molar-refractivity contribution in [2.75, 3.05) is 14.2 Å². The van der Waals surface area contributed by atoms with E-state index in [1.807, 2.05) is 19.1 Å². The van der Waals surface area contributed by atoms with E-state index < -0.39 is 0 Å². The molecule has 0 aliphatic rings. The normalized spacial score (nSPS) is 10.3. The van der Waals surface area contributed by atoms with Crippen molar-refractivity contribution in [2.45, 2.75) is 13.3 Å². The summed E-state index contributed by atoms with van der Waals surface area (Å²) in [5, 5.41) is 0.605. The van der Waals surface area contributed by atoms with Crippen molar-refractivity contribution in [3.63, 3.8) is 0 Å². The van der Waals surface area contributed by atoms with Crippen LogP contribution in [0.1, 0.15) is 21.5 Å². The lowest BCUT2D eigenvalue weighted by atomic mass is 9.99. The van der Waals surface area contributed by atoms with Crippen LogP contribution >= 0.6 is 11.6 Å². The van der Waals surface area contributed by atoms with Crippen molar-refractivity contribution in [2.24, 2.45) is 0 Å². The minimum atomic E-state index is 0.0298. The Morgan fingerprint density at radius 2 is 1.81 bits per heavy atom. The summed E-state index contributed by atoms with van der Waals surface area (Å²) in [5.41, 5.74) is 2.33. The third kappa shape index (κ3) is 3.37. The number of rotatable bonds is 5. The molecule has 0 atom stereocenters. The van der Waals surface area contributed by atoms with E-state index in [0.29, 0.717) is 28.5 Å². The van der Waals surface area contributed by atoms with E-state index in [4.69, 9.17) is 21.1 Å². The summed E-state index contributed by atoms with van der Waals surface area (Å²) in [6, 6.07) is 10.8. The minimum Gasteiger partial charge on any atom is -0.493 e. The molecule has 2 aromatic carbocycles. The van der Waals surface area contributed by atoms with Gasteiger partial charge in [-0.3, -0.25) is 4.79 Å². The molecule has 0 spiro atoms. The minimum absolute atomic E-state index is 0.0298. The highest BCUT2D eigenvalue weighted by Crippen LogP contribution is 2.28. The Hall–Kier alpha value is -2.00. The predicted octanol–water partition coefficient (Wildman–Crippen LogP) is 4.09. The molecule has 0 unspecified atom stereocenters. The number of Topliss-reactive ketones (excluding diaryl/α,β-unsaturated/α-hetero) is 1. The van der Waals surface area contributed by atoms with Gasteiger partial charge in [0.25, 0.3) is 0 Å². The number of carbonyl (C=O) groups excluding carboxylic acids is 1. The van der Waals surface area contributed by atoms with Gasteiger partial charge in [0.2, 0.25) is 0 Å². The molecule has 0 heterocycles. The highest BCUT2D eigenvalue weighted by atomic mass is 35.5. The van der Waals surface area contributed by atoms with Crippen LogP contribution < -0.4 is 9.47 Å². The highest BCUT2D eigenvalue weighted by Gasteiger charge is 2.13. The van der Waals surface area contributed by atoms with E-state index in [1.54, 1.807) is 38.5 Å². The molecule has 0 aliphatic heterocycles. The maximum atomic E-state index is 12.4. The Morgan fingerprint density at radius 1 is 1.10 bits per heavy atom. The van der Waals surface area contributed by atoms with Crippen molar-refractivity contribution in [3.05, 3.63) is 58.1 Å². The fraction of sp³-hybridized carbons (Fsp3) is 0.235. The molecule has 0 radical (unpaired) electrons. The van der Waals surface area contributed by atoms with Gasteiger partial charge in [-0.25, -0.2) is 0 Å². The summed E-state index contributed by atoms with van der Waals surface area (Å²) in [7, 11) is 3.16. The molecule has 0 aromatic heterocycles. The number of hydrogen-bond acceptors (Lipinski definition) is 3. The van der Waals surface area contributed by atoms with Crippen LogP contribution in [-0.2, 0) is 6.42 Å². The molecule has 0 aliphatic carbocycles. The average molecular weight is 305 g/mol. The van der Waals surface area contributed by atoms with Crippen LogP contribution in [-0.4, -0.2) is 20.0 Å². The lowest BCUT2D eigenvalue weighted by molar-refractivity contribution is 0.0992. The number of halogens is 1. The second-order valence-electron chi connectivity index (χ2n) is 4.70. The molecule has 2 rings (SSSR count). The second-order valence-corrected chi connectivity index (χ2v) is 5.11. The van der Waals surface area contributed by atoms with Crippen molar-refractivity contribution in [1.29, 1.82) is 0 Å². The molecule has 21 heavy (non-hydrogen) atoms. The summed E-state index contributed by atoms with van der Waals surface area (Å²) < 4.78 is 10.4. The molecule has 0 saturated heterocycles. The quantitative estimate of drug-likeness (QED) is 0.780. The molecular formula is C17H17ClO3. The number of hydrogen-bond donors (Lipinski definition) is 0. The van der Waals surface area contributed by atoms with E-state index in [2.05, 4.69) is 0 Å². The largest absolute Gasteiger partial charge is 0.493 e. The summed E-state index contributed by atoms with van der Waals surface area (Å²) in [6.07, 6.45) is 0.293. The van der Waals surface area contributed by atoms with Gasteiger partial charge in [0.15, 0.2) is 17.3 Å². The Bertz CT molecular complexity index is 665. The molecule has 110 valence electrons. The lowest BCUT2D eigenvalue weighted by Gasteiger charge is -2.10. The summed E-state index contributed by atoms with van der Waals surface area (Å²) in [6.45, 7) is 1.85. The zero-order valence-electron chi connectivity index (χ0n) is 12.3. The van der Waals surface area contributed by atoms with Gasteiger partial charge in [0.05, 0.1) is 14.2 Å². The first-order valence-corrected chi connectivity index (χ1v) is 6.93. The maximum Gasteiger partial charge on any atom is 0.167 e. The fourth-order valence-corrected chi connectivity index (χ4v) is 2.36. The van der Waals surface area contributed by atoms with Crippen LogP contribution in [0.3, 0.4) is 0 Å². The predicted molar refractivity (Wildman–Crippen MR) is 83.8 cm³/mol. The van der Waals surface area contributed by atoms with E-state index >= 15 is 0 Å². The number of ether oxygens (including phenoxy) is 2. The Balaban J connectivity index is 2.25. The highest BCUT2D eigenvalue weighted by molar-refractivity contribution is 6.31. The van der Waals surface area contributed by atoms with Gasteiger partial charge in [0, 0.05) is 17.0 Å². The molecule has 3 nitrogen and oxygen atoms in total. The van der Waals surface area contributed by atoms with E-state index in [0.717, 1.165) is 11.1 Å². The molecule has 0 saturated carbocycles. The summed E-state index contributed by atoms with van der Waals surface area (Å²) in [4.78, 5) is 12.4. The van der Waals surface area contributed by atoms with Gasteiger partial charge in [0.1, 0.15) is 0 Å². The van der Waals surface area contributed by atoms with E-state index in [-0.39, 0.29) is 5.78 Å². The van der Waals surface area contributed by atoms with Crippen LogP contribution in [0.4, 0.5) is 0 Å². The molecule has 0 fully saturated rings. The third-order valence-electron chi connectivity index (χ3n) is 3.38. The van der Waals surface area contributed by atoms with Gasteiger partial charge < -0.3 is 9.47 Å². The maximum absolute atomic E-state index is 12.4. The molecule has 2 aromatic rings. The van der Waals surface area contributed by atoms with Gasteiger partial charge in [-0.2, -0.15) is 0 Å². The van der Waals surface area contributed by atoms with Crippen molar-refractivity contribution in [3.8, 4) is 11.5 Å². The van der Waals surface area contributed by atoms with Crippen molar-refractivity contribution >= 4 is 17.4 Å². The van der Waals surface area contributed by atoms with Crippen LogP contribution in [0.2, 0.25) is 5.02 Å². The zero-order chi connectivity index (χ0) is 15.4. The average Bonchev–Trinajstić information content (AvgIpc) is 2.49. The number of ketones is 1. The first kappa shape index (κ1) is 15.4. The Morgan fingerprint density at radius 3 is 2.48 bits per heavy atom. The number of carbonyl (C=O) groups is 1. The van der Waals surface area contributed by atoms with Crippen LogP contribution in [0.25, 0.3) is 0 Å². The zero-order valence-corrected chi connectivity index (χ0v) is 13.0. The van der Waals surface area contributed by atoms with Gasteiger partial charge in [-0.15, -0.1) is 0 Å². The van der Waals surface area contributed by atoms with Crippen LogP contribution in [0.5, 0.6) is 11.5 Å². The van der Waals surface area contributed by atoms with Crippen molar-refractivity contribution < 1.29 is 14.3 Å². The van der Waals surface area contributed by atoms with Gasteiger partial charge in [-0.1, -0.05) is 29.8 Å². The van der Waals surface area contributed by atoms with Gasteiger partial charge >= 0.3 is 0 Å². The number of methoxy groups -OCH3 is 2. The molecule has 0 amide bonds. The summed E-state index contributed by atoms with van der Waals surface area (Å²) in [5.74, 6) is 1.29. The first-order chi connectivity index (χ1) is 10.1. The van der Waals surface area contributed by atoms with E-state index in [1.165, 1.54) is 0 Å².